The minimum atomic E-state index is -0.535. The number of benzene rings is 2. The molecular weight excluding hydrogens is 405 g/mol. The molecule has 0 aromatic heterocycles. The van der Waals surface area contributed by atoms with Crippen molar-refractivity contribution in [2.75, 3.05) is 11.4 Å². The number of nitrogens with one attached hydrogen (secondary N) is 1. The lowest BCUT2D eigenvalue weighted by molar-refractivity contribution is -0.123. The first-order chi connectivity index (χ1) is 15.1. The van der Waals surface area contributed by atoms with Gasteiger partial charge in [0.05, 0.1) is 6.54 Å². The second kappa shape index (κ2) is 8.08. The fraction of sp³-hybridized carbons (Fsp3) is 0.385. The molecule has 2 heterocycles. The lowest BCUT2D eigenvalue weighted by atomic mass is 9.79. The molecule has 0 bridgehead atoms. The Morgan fingerprint density at radius 1 is 1.22 bits per heavy atom. The maximum Gasteiger partial charge on any atom is 0.329 e. The monoisotopic (exact) mass is 435 g/mol. The number of carbonyl (C=O) groups is 2. The number of carbonyl (C=O) groups excluding carboxylic acids is 2. The highest BCUT2D eigenvalue weighted by molar-refractivity contribution is 6.14. The van der Waals surface area contributed by atoms with Gasteiger partial charge in [0.2, 0.25) is 0 Å². The predicted octanol–water partition coefficient (Wildman–Crippen LogP) is 5.34. The van der Waals surface area contributed by atoms with Crippen molar-refractivity contribution >= 4 is 23.7 Å². The van der Waals surface area contributed by atoms with Gasteiger partial charge in [-0.1, -0.05) is 25.1 Å². The molecule has 1 N–H and O–H groups in total. The number of rotatable bonds is 4. The van der Waals surface area contributed by atoms with Crippen LogP contribution in [0.25, 0.3) is 6.08 Å². The van der Waals surface area contributed by atoms with Crippen molar-refractivity contribution < 1.29 is 14.0 Å². The molecule has 0 aliphatic carbocycles. The molecule has 168 valence electrons. The molecule has 3 amide bonds. The van der Waals surface area contributed by atoms with Crippen molar-refractivity contribution in [3.63, 3.8) is 0 Å². The number of anilines is 1. The van der Waals surface area contributed by atoms with E-state index in [-0.39, 0.29) is 17.8 Å². The quantitative estimate of drug-likeness (QED) is 0.521. The summed E-state index contributed by atoms with van der Waals surface area (Å²) in [6.45, 7) is 11.8. The summed E-state index contributed by atoms with van der Waals surface area (Å²) < 4.78 is 14.0. The maximum atomic E-state index is 14.0. The molecule has 2 aromatic carbocycles. The van der Waals surface area contributed by atoms with Gasteiger partial charge in [0.1, 0.15) is 11.5 Å². The molecule has 32 heavy (non-hydrogen) atoms. The lowest BCUT2D eigenvalue weighted by Crippen LogP contribution is -2.48. The van der Waals surface area contributed by atoms with Crippen molar-refractivity contribution in [3.8, 4) is 0 Å². The van der Waals surface area contributed by atoms with Crippen molar-refractivity contribution in [2.24, 2.45) is 0 Å². The highest BCUT2D eigenvalue weighted by Crippen LogP contribution is 2.44. The number of urea groups is 1. The second-order valence-corrected chi connectivity index (χ2v) is 9.40. The first kappa shape index (κ1) is 22.1. The number of halogens is 1. The van der Waals surface area contributed by atoms with Gasteiger partial charge in [-0.3, -0.25) is 9.69 Å². The number of amides is 3. The fourth-order valence-corrected chi connectivity index (χ4v) is 5.07. The number of aryl methyl sites for hydroxylation is 1. The molecule has 4 rings (SSSR count). The molecule has 5 nitrogen and oxygen atoms in total. The number of hydrogen-bond acceptors (Lipinski definition) is 3. The zero-order valence-corrected chi connectivity index (χ0v) is 19.3. The summed E-state index contributed by atoms with van der Waals surface area (Å²) in [4.78, 5) is 28.9. The van der Waals surface area contributed by atoms with Crippen LogP contribution in [0, 0.1) is 12.7 Å². The summed E-state index contributed by atoms with van der Waals surface area (Å²) in [6.07, 6.45) is 2.78. The third kappa shape index (κ3) is 3.78. The van der Waals surface area contributed by atoms with E-state index in [1.807, 2.05) is 6.92 Å². The molecule has 0 radical (unpaired) electrons. The Labute approximate surface area is 188 Å². The van der Waals surface area contributed by atoms with E-state index >= 15 is 0 Å². The maximum absolute atomic E-state index is 14.0. The van der Waals surface area contributed by atoms with Crippen LogP contribution in [0.5, 0.6) is 0 Å². The van der Waals surface area contributed by atoms with Crippen LogP contribution in [-0.4, -0.2) is 28.9 Å². The number of nitrogens with zero attached hydrogens (tertiary/aromatic N) is 2. The zero-order chi connectivity index (χ0) is 23.2. The van der Waals surface area contributed by atoms with Crippen LogP contribution >= 0.6 is 0 Å². The van der Waals surface area contributed by atoms with E-state index in [9.17, 15) is 14.0 Å². The van der Waals surface area contributed by atoms with Gasteiger partial charge in [0.15, 0.2) is 0 Å². The Balaban J connectivity index is 1.66. The molecule has 0 spiro atoms. The lowest BCUT2D eigenvalue weighted by Gasteiger charge is -2.47. The number of hydrogen-bond donors (Lipinski definition) is 1. The fourth-order valence-electron chi connectivity index (χ4n) is 5.07. The summed E-state index contributed by atoms with van der Waals surface area (Å²) >= 11 is 0. The molecule has 2 aliphatic rings. The minimum Gasteiger partial charge on any atom is -0.366 e. The molecule has 1 fully saturated rings. The normalized spacial score (nSPS) is 21.2. The number of fused-ring (bicyclic) bond motifs is 1. The predicted molar refractivity (Wildman–Crippen MR) is 125 cm³/mol. The van der Waals surface area contributed by atoms with E-state index in [1.165, 1.54) is 17.3 Å². The van der Waals surface area contributed by atoms with Gasteiger partial charge in [0, 0.05) is 23.3 Å². The van der Waals surface area contributed by atoms with E-state index < -0.39 is 17.8 Å². The molecular formula is C26H30FN3O2. The Morgan fingerprint density at radius 3 is 2.62 bits per heavy atom. The minimum absolute atomic E-state index is 0.0796. The summed E-state index contributed by atoms with van der Waals surface area (Å²) in [7, 11) is 0. The van der Waals surface area contributed by atoms with Gasteiger partial charge in [-0.05, 0) is 81.0 Å². The Bertz CT molecular complexity index is 1120. The van der Waals surface area contributed by atoms with E-state index in [0.717, 1.165) is 29.0 Å². The van der Waals surface area contributed by atoms with Crippen LogP contribution < -0.4 is 10.2 Å². The molecule has 0 saturated carbocycles. The molecule has 1 atom stereocenters. The highest BCUT2D eigenvalue weighted by atomic mass is 19.1. The zero-order valence-electron chi connectivity index (χ0n) is 19.3. The Hall–Kier alpha value is -3.15. The van der Waals surface area contributed by atoms with Crippen molar-refractivity contribution in [3.05, 3.63) is 70.2 Å². The summed E-state index contributed by atoms with van der Waals surface area (Å²) in [5.41, 5.74) is 5.03. The summed E-state index contributed by atoms with van der Waals surface area (Å²) in [6, 6.07) is 9.95. The summed E-state index contributed by atoms with van der Waals surface area (Å²) in [5.74, 6) is -0.500. The van der Waals surface area contributed by atoms with Crippen LogP contribution in [0.3, 0.4) is 0 Å². The third-order valence-corrected chi connectivity index (χ3v) is 6.64. The van der Waals surface area contributed by atoms with Gasteiger partial charge >= 0.3 is 6.03 Å². The van der Waals surface area contributed by atoms with Crippen LogP contribution in [0.1, 0.15) is 62.3 Å². The van der Waals surface area contributed by atoms with Crippen LogP contribution in [0.15, 0.2) is 42.1 Å². The van der Waals surface area contributed by atoms with E-state index in [1.54, 1.807) is 24.3 Å². The molecule has 0 unspecified atom stereocenters. The molecule has 6 heteroatoms. The first-order valence-corrected chi connectivity index (χ1v) is 11.1. The third-order valence-electron chi connectivity index (χ3n) is 6.64. The first-order valence-electron chi connectivity index (χ1n) is 11.1. The molecule has 1 saturated heterocycles. The van der Waals surface area contributed by atoms with Crippen LogP contribution in [0.2, 0.25) is 0 Å². The Kier molecular flexibility index (Phi) is 5.57. The van der Waals surface area contributed by atoms with Crippen molar-refractivity contribution in [1.29, 1.82) is 0 Å². The SMILES string of the molecule is CCN1c2cc(C)c(/C=C3\NC(=O)N(Cc4ccccc4F)C3=O)cc2[C@@H](C)CC1(C)C. The van der Waals surface area contributed by atoms with Gasteiger partial charge in [-0.2, -0.15) is 0 Å². The Morgan fingerprint density at radius 2 is 1.94 bits per heavy atom. The topological polar surface area (TPSA) is 52.7 Å². The van der Waals surface area contributed by atoms with E-state index in [4.69, 9.17) is 0 Å². The molecule has 2 aliphatic heterocycles. The van der Waals surface area contributed by atoms with Gasteiger partial charge in [0.25, 0.3) is 5.91 Å². The van der Waals surface area contributed by atoms with Crippen LogP contribution in [0.4, 0.5) is 14.9 Å². The van der Waals surface area contributed by atoms with Crippen LogP contribution in [-0.2, 0) is 11.3 Å². The van der Waals surface area contributed by atoms with Gasteiger partial charge < -0.3 is 10.2 Å². The van der Waals surface area contributed by atoms with E-state index in [0.29, 0.717) is 11.5 Å². The number of imide groups is 1. The highest BCUT2D eigenvalue weighted by Gasteiger charge is 2.37. The van der Waals surface area contributed by atoms with Gasteiger partial charge in [-0.15, -0.1) is 0 Å². The second-order valence-electron chi connectivity index (χ2n) is 9.40. The average Bonchev–Trinajstić information content (AvgIpc) is 2.98. The largest absolute Gasteiger partial charge is 0.366 e. The smallest absolute Gasteiger partial charge is 0.329 e. The average molecular weight is 436 g/mol. The van der Waals surface area contributed by atoms with E-state index in [2.05, 4.69) is 50.0 Å². The standard InChI is InChI=1S/C26H30FN3O2/c1-6-30-23-11-16(2)19(12-20(23)17(3)14-26(30,4)5)13-22-24(31)29(25(32)28-22)15-18-9-7-8-10-21(18)27/h7-13,17H,6,14-15H2,1-5H3,(H,28,32)/b22-13-/t17-/m0/s1. The van der Waals surface area contributed by atoms with Crippen molar-refractivity contribution in [2.45, 2.75) is 59.0 Å². The van der Waals surface area contributed by atoms with Gasteiger partial charge in [-0.25, -0.2) is 9.18 Å². The summed E-state index contributed by atoms with van der Waals surface area (Å²) in [5, 5.41) is 2.66. The molecule has 2 aromatic rings. The van der Waals surface area contributed by atoms with Crippen molar-refractivity contribution in [1.82, 2.24) is 10.2 Å².